The highest BCUT2D eigenvalue weighted by Crippen LogP contribution is 2.22. The Balaban J connectivity index is 1.50. The van der Waals surface area contributed by atoms with Gasteiger partial charge in [-0.25, -0.2) is 0 Å². The van der Waals surface area contributed by atoms with Crippen molar-refractivity contribution >= 4 is 29.1 Å². The molecule has 0 radical (unpaired) electrons. The van der Waals surface area contributed by atoms with Gasteiger partial charge in [0.25, 0.3) is 5.91 Å². The number of ether oxygens (including phenoxy) is 1. The molecule has 0 bridgehead atoms. The standard InChI is InChI=1S/C21H17ClN2O3/c22-16-6-4-5-15(13-16)21(26)23-14-20(25)24-17-9-11-19(12-10-17)27-18-7-2-1-3-8-18/h1-13H,14H2,(H,23,26)(H,24,25). The van der Waals surface area contributed by atoms with Gasteiger partial charge in [0, 0.05) is 16.3 Å². The molecule has 27 heavy (non-hydrogen) atoms. The second-order valence-electron chi connectivity index (χ2n) is 5.68. The highest BCUT2D eigenvalue weighted by atomic mass is 35.5. The first-order valence-electron chi connectivity index (χ1n) is 8.27. The zero-order valence-corrected chi connectivity index (χ0v) is 15.1. The molecule has 3 aromatic rings. The van der Waals surface area contributed by atoms with Gasteiger partial charge in [-0.2, -0.15) is 0 Å². The fourth-order valence-corrected chi connectivity index (χ4v) is 2.52. The average Bonchev–Trinajstić information content (AvgIpc) is 2.68. The van der Waals surface area contributed by atoms with Gasteiger partial charge >= 0.3 is 0 Å². The Morgan fingerprint density at radius 3 is 2.26 bits per heavy atom. The van der Waals surface area contributed by atoms with E-state index in [0.29, 0.717) is 22.0 Å². The van der Waals surface area contributed by atoms with Gasteiger partial charge < -0.3 is 15.4 Å². The fourth-order valence-electron chi connectivity index (χ4n) is 2.33. The van der Waals surface area contributed by atoms with Gasteiger partial charge in [0.1, 0.15) is 11.5 Å². The molecule has 2 amide bonds. The molecule has 3 aromatic carbocycles. The Morgan fingerprint density at radius 2 is 1.56 bits per heavy atom. The summed E-state index contributed by atoms with van der Waals surface area (Å²) < 4.78 is 5.70. The third kappa shape index (κ3) is 5.59. The lowest BCUT2D eigenvalue weighted by Crippen LogP contribution is -2.32. The smallest absolute Gasteiger partial charge is 0.251 e. The maximum atomic E-state index is 12.0. The Morgan fingerprint density at radius 1 is 0.852 bits per heavy atom. The van der Waals surface area contributed by atoms with Crippen LogP contribution >= 0.6 is 11.6 Å². The molecule has 6 heteroatoms. The third-order valence-electron chi connectivity index (χ3n) is 3.61. The minimum Gasteiger partial charge on any atom is -0.457 e. The number of carbonyl (C=O) groups excluding carboxylic acids is 2. The second kappa shape index (κ2) is 8.87. The van der Waals surface area contributed by atoms with Gasteiger partial charge in [0.15, 0.2) is 0 Å². The molecule has 0 aliphatic rings. The minimum absolute atomic E-state index is 0.145. The van der Waals surface area contributed by atoms with Crippen molar-refractivity contribution in [3.05, 3.63) is 89.4 Å². The molecule has 0 fully saturated rings. The molecular formula is C21H17ClN2O3. The topological polar surface area (TPSA) is 67.4 Å². The number of benzene rings is 3. The van der Waals surface area contributed by atoms with E-state index in [1.807, 2.05) is 30.3 Å². The summed E-state index contributed by atoms with van der Waals surface area (Å²) in [7, 11) is 0. The highest BCUT2D eigenvalue weighted by Gasteiger charge is 2.09. The number of amides is 2. The number of rotatable bonds is 6. The summed E-state index contributed by atoms with van der Waals surface area (Å²) in [4.78, 5) is 24.0. The number of halogens is 1. The first-order chi connectivity index (χ1) is 13.1. The summed E-state index contributed by atoms with van der Waals surface area (Å²) in [6.45, 7) is -0.145. The molecule has 0 unspecified atom stereocenters. The van der Waals surface area contributed by atoms with Gasteiger partial charge in [0.2, 0.25) is 5.91 Å². The van der Waals surface area contributed by atoms with E-state index in [1.165, 1.54) is 0 Å². The van der Waals surface area contributed by atoms with Crippen molar-refractivity contribution in [1.82, 2.24) is 5.32 Å². The Labute approximate surface area is 161 Å². The lowest BCUT2D eigenvalue weighted by molar-refractivity contribution is -0.115. The van der Waals surface area contributed by atoms with E-state index in [-0.39, 0.29) is 18.4 Å². The summed E-state index contributed by atoms with van der Waals surface area (Å²) in [5.41, 5.74) is 1.01. The molecular weight excluding hydrogens is 364 g/mol. The number of hydrogen-bond acceptors (Lipinski definition) is 3. The van der Waals surface area contributed by atoms with Crippen molar-refractivity contribution in [2.75, 3.05) is 11.9 Å². The number of anilines is 1. The van der Waals surface area contributed by atoms with Crippen LogP contribution < -0.4 is 15.4 Å². The van der Waals surface area contributed by atoms with E-state index >= 15 is 0 Å². The average molecular weight is 381 g/mol. The quantitative estimate of drug-likeness (QED) is 0.661. The van der Waals surface area contributed by atoms with E-state index < -0.39 is 0 Å². The molecule has 136 valence electrons. The maximum absolute atomic E-state index is 12.0. The van der Waals surface area contributed by atoms with Crippen LogP contribution in [-0.4, -0.2) is 18.4 Å². The van der Waals surface area contributed by atoms with Crippen LogP contribution in [0.3, 0.4) is 0 Å². The molecule has 0 atom stereocenters. The Hall–Kier alpha value is -3.31. The van der Waals surface area contributed by atoms with E-state index in [9.17, 15) is 9.59 Å². The first kappa shape index (κ1) is 18.5. The van der Waals surface area contributed by atoms with Gasteiger partial charge in [-0.15, -0.1) is 0 Å². The van der Waals surface area contributed by atoms with Crippen LogP contribution in [0.2, 0.25) is 5.02 Å². The zero-order valence-electron chi connectivity index (χ0n) is 14.3. The summed E-state index contributed by atoms with van der Waals surface area (Å²) in [5.74, 6) is 0.702. The molecule has 0 heterocycles. The van der Waals surface area contributed by atoms with Crippen molar-refractivity contribution in [2.45, 2.75) is 0 Å². The van der Waals surface area contributed by atoms with Crippen molar-refractivity contribution in [3.63, 3.8) is 0 Å². The minimum atomic E-state index is -0.362. The van der Waals surface area contributed by atoms with Gasteiger partial charge in [-0.1, -0.05) is 35.9 Å². The van der Waals surface area contributed by atoms with Crippen LogP contribution in [0.5, 0.6) is 11.5 Å². The number of nitrogens with one attached hydrogen (secondary N) is 2. The van der Waals surface area contributed by atoms with Crippen LogP contribution in [0.4, 0.5) is 5.69 Å². The summed E-state index contributed by atoms with van der Waals surface area (Å²) in [6, 6.07) is 22.9. The lowest BCUT2D eigenvalue weighted by atomic mass is 10.2. The van der Waals surface area contributed by atoms with E-state index in [4.69, 9.17) is 16.3 Å². The zero-order chi connectivity index (χ0) is 19.1. The van der Waals surface area contributed by atoms with E-state index in [2.05, 4.69) is 10.6 Å². The van der Waals surface area contributed by atoms with Crippen LogP contribution in [0.1, 0.15) is 10.4 Å². The predicted molar refractivity (Wildman–Crippen MR) is 105 cm³/mol. The van der Waals surface area contributed by atoms with Crippen LogP contribution in [-0.2, 0) is 4.79 Å². The largest absolute Gasteiger partial charge is 0.457 e. The predicted octanol–water partition coefficient (Wildman–Crippen LogP) is 4.50. The van der Waals surface area contributed by atoms with E-state index in [1.54, 1.807) is 48.5 Å². The Bertz CT molecular complexity index is 928. The SMILES string of the molecule is O=C(CNC(=O)c1cccc(Cl)c1)Nc1ccc(Oc2ccccc2)cc1. The maximum Gasteiger partial charge on any atom is 0.251 e. The normalized spacial score (nSPS) is 10.1. The van der Waals surface area contributed by atoms with Crippen molar-refractivity contribution in [3.8, 4) is 11.5 Å². The van der Waals surface area contributed by atoms with Crippen molar-refractivity contribution in [2.24, 2.45) is 0 Å². The summed E-state index contributed by atoms with van der Waals surface area (Å²) in [6.07, 6.45) is 0. The van der Waals surface area contributed by atoms with Crippen LogP contribution in [0, 0.1) is 0 Å². The molecule has 0 spiro atoms. The molecule has 0 aliphatic heterocycles. The molecule has 0 saturated carbocycles. The molecule has 0 aliphatic carbocycles. The first-order valence-corrected chi connectivity index (χ1v) is 8.64. The fraction of sp³-hybridized carbons (Fsp3) is 0.0476. The molecule has 3 rings (SSSR count). The van der Waals surface area contributed by atoms with Gasteiger partial charge in [-0.3, -0.25) is 9.59 Å². The molecule has 0 saturated heterocycles. The number of hydrogen-bond donors (Lipinski definition) is 2. The molecule has 0 aromatic heterocycles. The number of carbonyl (C=O) groups is 2. The van der Waals surface area contributed by atoms with Crippen molar-refractivity contribution < 1.29 is 14.3 Å². The molecule has 5 nitrogen and oxygen atoms in total. The lowest BCUT2D eigenvalue weighted by Gasteiger charge is -2.09. The van der Waals surface area contributed by atoms with Gasteiger partial charge in [-0.05, 0) is 54.6 Å². The van der Waals surface area contributed by atoms with E-state index in [0.717, 1.165) is 5.75 Å². The van der Waals surface area contributed by atoms with Crippen LogP contribution in [0.25, 0.3) is 0 Å². The summed E-state index contributed by atoms with van der Waals surface area (Å²) >= 11 is 5.85. The second-order valence-corrected chi connectivity index (χ2v) is 6.12. The molecule has 2 N–H and O–H groups in total. The summed E-state index contributed by atoms with van der Waals surface area (Å²) in [5, 5.41) is 5.73. The third-order valence-corrected chi connectivity index (χ3v) is 3.85. The van der Waals surface area contributed by atoms with Crippen molar-refractivity contribution in [1.29, 1.82) is 0 Å². The Kier molecular flexibility index (Phi) is 6.07. The highest BCUT2D eigenvalue weighted by molar-refractivity contribution is 6.31. The van der Waals surface area contributed by atoms with Crippen LogP contribution in [0.15, 0.2) is 78.9 Å². The van der Waals surface area contributed by atoms with Gasteiger partial charge in [0.05, 0.1) is 6.54 Å². The monoisotopic (exact) mass is 380 g/mol. The number of para-hydroxylation sites is 1.